The minimum Gasteiger partial charge on any atom is -0.497 e. The van der Waals surface area contributed by atoms with Crippen molar-refractivity contribution in [2.24, 2.45) is 0 Å². The van der Waals surface area contributed by atoms with E-state index in [1.807, 2.05) is 34.9 Å². The van der Waals surface area contributed by atoms with E-state index < -0.39 is 0 Å². The minimum absolute atomic E-state index is 0.175. The molecule has 0 fully saturated rings. The Morgan fingerprint density at radius 1 is 1.07 bits per heavy atom. The molecule has 0 atom stereocenters. The van der Waals surface area contributed by atoms with Crippen molar-refractivity contribution in [2.45, 2.75) is 13.0 Å². The van der Waals surface area contributed by atoms with Gasteiger partial charge in [0.15, 0.2) is 0 Å². The van der Waals surface area contributed by atoms with Gasteiger partial charge >= 0.3 is 0 Å². The maximum absolute atomic E-state index is 14.2. The SMILES string of the molecule is COc1cccc(C(=O)NCCc2nc3ccccc3n2Cc2ccccc2F)c1. The summed E-state index contributed by atoms with van der Waals surface area (Å²) >= 11 is 0. The first kappa shape index (κ1) is 19.6. The average molecular weight is 403 g/mol. The second kappa shape index (κ2) is 8.78. The van der Waals surface area contributed by atoms with Crippen molar-refractivity contribution in [1.29, 1.82) is 0 Å². The molecule has 5 nitrogen and oxygen atoms in total. The Kier molecular flexibility index (Phi) is 5.75. The molecule has 1 heterocycles. The molecule has 1 N–H and O–H groups in total. The van der Waals surface area contributed by atoms with Gasteiger partial charge in [-0.05, 0) is 36.4 Å². The molecule has 0 aliphatic heterocycles. The van der Waals surface area contributed by atoms with Crippen LogP contribution in [0.2, 0.25) is 0 Å². The van der Waals surface area contributed by atoms with E-state index in [2.05, 4.69) is 5.32 Å². The van der Waals surface area contributed by atoms with Crippen LogP contribution < -0.4 is 10.1 Å². The molecule has 6 heteroatoms. The maximum atomic E-state index is 14.2. The van der Waals surface area contributed by atoms with Crippen LogP contribution in [-0.2, 0) is 13.0 Å². The number of hydrogen-bond acceptors (Lipinski definition) is 3. The number of hydrogen-bond donors (Lipinski definition) is 1. The normalized spacial score (nSPS) is 10.9. The summed E-state index contributed by atoms with van der Waals surface area (Å²) in [5.74, 6) is 1.01. The lowest BCUT2D eigenvalue weighted by Gasteiger charge is -2.11. The molecule has 0 radical (unpaired) electrons. The number of carbonyl (C=O) groups is 1. The van der Waals surface area contributed by atoms with Crippen molar-refractivity contribution >= 4 is 16.9 Å². The molecule has 0 bridgehead atoms. The van der Waals surface area contributed by atoms with Crippen LogP contribution in [0.1, 0.15) is 21.7 Å². The third-order valence-electron chi connectivity index (χ3n) is 4.99. The lowest BCUT2D eigenvalue weighted by molar-refractivity contribution is 0.0953. The van der Waals surface area contributed by atoms with E-state index in [0.29, 0.717) is 36.4 Å². The molecule has 3 aromatic carbocycles. The van der Waals surface area contributed by atoms with Gasteiger partial charge in [0.05, 0.1) is 24.7 Å². The number of halogens is 1. The quantitative estimate of drug-likeness (QED) is 0.503. The van der Waals surface area contributed by atoms with Crippen molar-refractivity contribution in [3.05, 3.63) is 95.6 Å². The molecule has 0 saturated heterocycles. The Morgan fingerprint density at radius 3 is 2.70 bits per heavy atom. The van der Waals surface area contributed by atoms with E-state index in [9.17, 15) is 9.18 Å². The van der Waals surface area contributed by atoms with Crippen LogP contribution >= 0.6 is 0 Å². The molecule has 0 saturated carbocycles. The molecular weight excluding hydrogens is 381 g/mol. The number of nitrogens with zero attached hydrogens (tertiary/aromatic N) is 2. The van der Waals surface area contributed by atoms with Crippen LogP contribution in [0.5, 0.6) is 5.75 Å². The molecule has 4 aromatic rings. The molecule has 0 spiro atoms. The average Bonchev–Trinajstić information content (AvgIpc) is 3.12. The summed E-state index contributed by atoms with van der Waals surface area (Å²) in [6.07, 6.45) is 0.527. The summed E-state index contributed by atoms with van der Waals surface area (Å²) in [6, 6.07) is 21.5. The first-order chi connectivity index (χ1) is 14.7. The zero-order chi connectivity index (χ0) is 20.9. The second-order valence-electron chi connectivity index (χ2n) is 6.93. The standard InChI is InChI=1S/C24H22FN3O2/c1-30-19-9-6-8-17(15-19)24(29)26-14-13-23-27-21-11-4-5-12-22(21)28(23)16-18-7-2-3-10-20(18)25/h2-12,15H,13-14,16H2,1H3,(H,26,29). The number of ether oxygens (including phenoxy) is 1. The highest BCUT2D eigenvalue weighted by molar-refractivity contribution is 5.94. The van der Waals surface area contributed by atoms with Crippen molar-refractivity contribution in [1.82, 2.24) is 14.9 Å². The Hall–Kier alpha value is -3.67. The van der Waals surface area contributed by atoms with Crippen molar-refractivity contribution < 1.29 is 13.9 Å². The van der Waals surface area contributed by atoms with Gasteiger partial charge < -0.3 is 14.6 Å². The van der Waals surface area contributed by atoms with Gasteiger partial charge in [-0.15, -0.1) is 0 Å². The topological polar surface area (TPSA) is 56.1 Å². The molecule has 0 unspecified atom stereocenters. The number of nitrogens with one attached hydrogen (secondary N) is 1. The van der Waals surface area contributed by atoms with Gasteiger partial charge in [-0.1, -0.05) is 36.4 Å². The highest BCUT2D eigenvalue weighted by atomic mass is 19.1. The van der Waals surface area contributed by atoms with Crippen molar-refractivity contribution in [3.63, 3.8) is 0 Å². The summed E-state index contributed by atoms with van der Waals surface area (Å²) in [5.41, 5.74) is 2.93. The fourth-order valence-corrected chi connectivity index (χ4v) is 3.44. The Bertz CT molecular complexity index is 1190. The largest absolute Gasteiger partial charge is 0.497 e. The van der Waals surface area contributed by atoms with Gasteiger partial charge in [-0.25, -0.2) is 9.37 Å². The van der Waals surface area contributed by atoms with Crippen LogP contribution in [0.25, 0.3) is 11.0 Å². The van der Waals surface area contributed by atoms with Crippen LogP contribution in [0, 0.1) is 5.82 Å². The number of carbonyl (C=O) groups excluding carboxylic acids is 1. The number of fused-ring (bicyclic) bond motifs is 1. The number of benzene rings is 3. The van der Waals surface area contributed by atoms with E-state index in [1.165, 1.54) is 6.07 Å². The second-order valence-corrected chi connectivity index (χ2v) is 6.93. The molecule has 4 rings (SSSR count). The summed E-state index contributed by atoms with van der Waals surface area (Å²) in [6.45, 7) is 0.795. The molecule has 1 amide bonds. The lowest BCUT2D eigenvalue weighted by Crippen LogP contribution is -2.26. The van der Waals surface area contributed by atoms with Gasteiger partial charge in [0.1, 0.15) is 17.4 Å². The lowest BCUT2D eigenvalue weighted by atomic mass is 10.2. The fourth-order valence-electron chi connectivity index (χ4n) is 3.44. The van der Waals surface area contributed by atoms with E-state index in [0.717, 1.165) is 16.9 Å². The number of aromatic nitrogens is 2. The molecular formula is C24H22FN3O2. The van der Waals surface area contributed by atoms with Crippen LogP contribution in [0.15, 0.2) is 72.8 Å². The number of rotatable bonds is 7. The molecule has 0 aliphatic carbocycles. The number of amides is 1. The maximum Gasteiger partial charge on any atom is 0.251 e. The minimum atomic E-state index is -0.243. The third-order valence-corrected chi connectivity index (χ3v) is 4.99. The van der Waals surface area contributed by atoms with E-state index in [4.69, 9.17) is 9.72 Å². The van der Waals surface area contributed by atoms with E-state index in [1.54, 1.807) is 43.5 Å². The molecule has 30 heavy (non-hydrogen) atoms. The van der Waals surface area contributed by atoms with Crippen LogP contribution in [0.3, 0.4) is 0 Å². The van der Waals surface area contributed by atoms with Gasteiger partial charge in [0.2, 0.25) is 0 Å². The molecule has 1 aromatic heterocycles. The smallest absolute Gasteiger partial charge is 0.251 e. The monoisotopic (exact) mass is 403 g/mol. The van der Waals surface area contributed by atoms with Crippen LogP contribution in [0.4, 0.5) is 4.39 Å². The predicted molar refractivity (Wildman–Crippen MR) is 114 cm³/mol. The third kappa shape index (κ3) is 4.17. The highest BCUT2D eigenvalue weighted by Gasteiger charge is 2.13. The van der Waals surface area contributed by atoms with Gasteiger partial charge in [-0.2, -0.15) is 0 Å². The summed E-state index contributed by atoms with van der Waals surface area (Å²) in [4.78, 5) is 17.2. The molecule has 152 valence electrons. The zero-order valence-corrected chi connectivity index (χ0v) is 16.6. The predicted octanol–water partition coefficient (Wildman–Crippen LogP) is 4.20. The number of para-hydroxylation sites is 2. The van der Waals surface area contributed by atoms with Gasteiger partial charge in [-0.3, -0.25) is 4.79 Å². The summed E-state index contributed by atoms with van der Waals surface area (Å²) < 4.78 is 21.4. The Morgan fingerprint density at radius 2 is 1.87 bits per heavy atom. The van der Waals surface area contributed by atoms with Crippen molar-refractivity contribution in [2.75, 3.05) is 13.7 Å². The van der Waals surface area contributed by atoms with Gasteiger partial charge in [0.25, 0.3) is 5.91 Å². The Labute approximate surface area is 174 Å². The number of methoxy groups -OCH3 is 1. The first-order valence-corrected chi connectivity index (χ1v) is 9.75. The first-order valence-electron chi connectivity index (χ1n) is 9.75. The molecule has 0 aliphatic rings. The van der Waals surface area contributed by atoms with Crippen LogP contribution in [-0.4, -0.2) is 29.1 Å². The van der Waals surface area contributed by atoms with Crippen molar-refractivity contribution in [3.8, 4) is 5.75 Å². The van der Waals surface area contributed by atoms with E-state index >= 15 is 0 Å². The summed E-state index contributed by atoms with van der Waals surface area (Å²) in [7, 11) is 1.57. The highest BCUT2D eigenvalue weighted by Crippen LogP contribution is 2.19. The Balaban J connectivity index is 1.52. The number of imidazole rings is 1. The summed E-state index contributed by atoms with van der Waals surface area (Å²) in [5, 5.41) is 2.92. The van der Waals surface area contributed by atoms with Gasteiger partial charge in [0, 0.05) is 24.1 Å². The fraction of sp³-hybridized carbons (Fsp3) is 0.167. The van der Waals surface area contributed by atoms with E-state index in [-0.39, 0.29) is 11.7 Å². The zero-order valence-electron chi connectivity index (χ0n) is 16.6.